The molecule has 1 fully saturated rings. The summed E-state index contributed by atoms with van der Waals surface area (Å²) in [6, 6.07) is 26.9. The van der Waals surface area contributed by atoms with Gasteiger partial charge < -0.3 is 5.32 Å². The molecule has 0 saturated carbocycles. The molecule has 0 aromatic heterocycles. The van der Waals surface area contributed by atoms with Crippen molar-refractivity contribution in [3.05, 3.63) is 84.9 Å². The molecule has 5 nitrogen and oxygen atoms in total. The van der Waals surface area contributed by atoms with Gasteiger partial charge in [0.1, 0.15) is 0 Å². The molecular formula is C26H20N2O3S. The van der Waals surface area contributed by atoms with Gasteiger partial charge in [-0.05, 0) is 34.4 Å². The zero-order valence-electron chi connectivity index (χ0n) is 17.2. The van der Waals surface area contributed by atoms with E-state index in [0.717, 1.165) is 21.5 Å². The van der Waals surface area contributed by atoms with E-state index in [4.69, 9.17) is 0 Å². The Bertz CT molecular complexity index is 1360. The molecule has 32 heavy (non-hydrogen) atoms. The van der Waals surface area contributed by atoms with E-state index in [1.165, 1.54) is 16.7 Å². The van der Waals surface area contributed by atoms with Gasteiger partial charge in [-0.1, -0.05) is 66.7 Å². The third-order valence-corrected chi connectivity index (χ3v) is 6.76. The summed E-state index contributed by atoms with van der Waals surface area (Å²) in [4.78, 5) is 39.5. The summed E-state index contributed by atoms with van der Waals surface area (Å²) in [5.74, 6) is -0.609. The summed E-state index contributed by atoms with van der Waals surface area (Å²) in [5, 5.41) is 6.28. The lowest BCUT2D eigenvalue weighted by Crippen LogP contribution is -2.31. The van der Waals surface area contributed by atoms with Gasteiger partial charge in [-0.25, -0.2) is 4.90 Å². The molecule has 1 heterocycles. The number of nitrogens with zero attached hydrogens (tertiary/aromatic N) is 1. The first-order valence-corrected chi connectivity index (χ1v) is 11.4. The fourth-order valence-electron chi connectivity index (χ4n) is 4.03. The molecule has 5 rings (SSSR count). The van der Waals surface area contributed by atoms with E-state index in [0.29, 0.717) is 11.4 Å². The maximum absolute atomic E-state index is 13.0. The van der Waals surface area contributed by atoms with Crippen LogP contribution in [0.3, 0.4) is 0 Å². The molecule has 1 aliphatic heterocycles. The molecular weight excluding hydrogens is 420 g/mol. The van der Waals surface area contributed by atoms with E-state index >= 15 is 0 Å². The molecule has 1 atom stereocenters. The minimum atomic E-state index is -0.566. The van der Waals surface area contributed by atoms with Crippen LogP contribution < -0.4 is 10.2 Å². The summed E-state index contributed by atoms with van der Waals surface area (Å²) in [6.07, 6.45) is 0.0932. The van der Waals surface area contributed by atoms with Gasteiger partial charge in [-0.15, -0.1) is 11.8 Å². The number of nitrogens with one attached hydrogen (secondary N) is 1. The van der Waals surface area contributed by atoms with Crippen LogP contribution in [0.1, 0.15) is 6.42 Å². The first-order valence-electron chi connectivity index (χ1n) is 10.3. The van der Waals surface area contributed by atoms with Crippen LogP contribution in [-0.4, -0.2) is 28.7 Å². The molecule has 0 radical (unpaired) electrons. The van der Waals surface area contributed by atoms with Gasteiger partial charge in [0, 0.05) is 17.5 Å². The van der Waals surface area contributed by atoms with E-state index in [2.05, 4.69) is 5.32 Å². The minimum Gasteiger partial charge on any atom is -0.325 e. The Hall–Kier alpha value is -3.64. The van der Waals surface area contributed by atoms with E-state index < -0.39 is 5.25 Å². The Morgan fingerprint density at radius 3 is 2.44 bits per heavy atom. The van der Waals surface area contributed by atoms with Crippen LogP contribution in [0.2, 0.25) is 0 Å². The SMILES string of the molecule is O=C(CS[C@H]1CC(=O)N(c2cccc3ccccc23)C1=O)Nc1ccc2ccccc2c1. The highest BCUT2D eigenvalue weighted by Crippen LogP contribution is 2.34. The topological polar surface area (TPSA) is 66.5 Å². The van der Waals surface area contributed by atoms with Gasteiger partial charge in [0.15, 0.2) is 0 Å². The number of anilines is 2. The average molecular weight is 441 g/mol. The number of hydrogen-bond acceptors (Lipinski definition) is 4. The molecule has 1 N–H and O–H groups in total. The number of imide groups is 1. The smallest absolute Gasteiger partial charge is 0.247 e. The number of fused-ring (bicyclic) bond motifs is 2. The number of amides is 3. The van der Waals surface area contributed by atoms with E-state index in [1.807, 2.05) is 78.9 Å². The van der Waals surface area contributed by atoms with Gasteiger partial charge in [-0.2, -0.15) is 0 Å². The largest absolute Gasteiger partial charge is 0.325 e. The van der Waals surface area contributed by atoms with Crippen molar-refractivity contribution in [3.63, 3.8) is 0 Å². The van der Waals surface area contributed by atoms with Gasteiger partial charge in [0.2, 0.25) is 17.7 Å². The minimum absolute atomic E-state index is 0.0932. The second-order valence-electron chi connectivity index (χ2n) is 7.68. The highest BCUT2D eigenvalue weighted by molar-refractivity contribution is 8.01. The Balaban J connectivity index is 1.26. The second kappa shape index (κ2) is 8.48. The quantitative estimate of drug-likeness (QED) is 0.444. The van der Waals surface area contributed by atoms with Gasteiger partial charge in [0.25, 0.3) is 0 Å². The zero-order chi connectivity index (χ0) is 22.1. The second-order valence-corrected chi connectivity index (χ2v) is 8.87. The van der Waals surface area contributed by atoms with Gasteiger partial charge >= 0.3 is 0 Å². The third kappa shape index (κ3) is 3.85. The molecule has 158 valence electrons. The van der Waals surface area contributed by atoms with E-state index in [1.54, 1.807) is 6.07 Å². The first-order chi connectivity index (χ1) is 15.6. The molecule has 1 aliphatic rings. The summed E-state index contributed by atoms with van der Waals surface area (Å²) < 4.78 is 0. The molecule has 0 bridgehead atoms. The highest BCUT2D eigenvalue weighted by atomic mass is 32.2. The van der Waals surface area contributed by atoms with Crippen molar-refractivity contribution in [2.75, 3.05) is 16.0 Å². The molecule has 0 aliphatic carbocycles. The summed E-state index contributed by atoms with van der Waals surface area (Å²) in [5.41, 5.74) is 1.31. The Morgan fingerprint density at radius 1 is 0.875 bits per heavy atom. The number of rotatable bonds is 5. The third-order valence-electron chi connectivity index (χ3n) is 5.56. The maximum Gasteiger partial charge on any atom is 0.247 e. The lowest BCUT2D eigenvalue weighted by Gasteiger charge is -2.17. The predicted molar refractivity (Wildman–Crippen MR) is 130 cm³/mol. The Labute approximate surface area is 189 Å². The van der Waals surface area contributed by atoms with Crippen molar-refractivity contribution >= 4 is 62.4 Å². The number of carbonyl (C=O) groups is 3. The van der Waals surface area contributed by atoms with E-state index in [-0.39, 0.29) is 29.9 Å². The van der Waals surface area contributed by atoms with Crippen molar-refractivity contribution in [1.82, 2.24) is 0 Å². The van der Waals surface area contributed by atoms with Gasteiger partial charge in [-0.3, -0.25) is 14.4 Å². The average Bonchev–Trinajstić information content (AvgIpc) is 3.10. The van der Waals surface area contributed by atoms with Crippen LogP contribution in [0.4, 0.5) is 11.4 Å². The van der Waals surface area contributed by atoms with Crippen LogP contribution in [0.5, 0.6) is 0 Å². The van der Waals surface area contributed by atoms with Crippen LogP contribution in [-0.2, 0) is 14.4 Å². The van der Waals surface area contributed by atoms with Gasteiger partial charge in [0.05, 0.1) is 16.7 Å². The molecule has 0 spiro atoms. The fraction of sp³-hybridized carbons (Fsp3) is 0.115. The van der Waals surface area contributed by atoms with Crippen molar-refractivity contribution in [2.24, 2.45) is 0 Å². The molecule has 4 aromatic rings. The van der Waals surface area contributed by atoms with Crippen molar-refractivity contribution in [2.45, 2.75) is 11.7 Å². The summed E-state index contributed by atoms with van der Waals surface area (Å²) in [7, 11) is 0. The Kier molecular flexibility index (Phi) is 5.37. The normalized spacial score (nSPS) is 16.1. The molecule has 3 amide bonds. The number of thioether (sulfide) groups is 1. The van der Waals surface area contributed by atoms with Crippen molar-refractivity contribution in [1.29, 1.82) is 0 Å². The maximum atomic E-state index is 13.0. The Morgan fingerprint density at radius 2 is 1.59 bits per heavy atom. The molecule has 1 saturated heterocycles. The van der Waals surface area contributed by atoms with Crippen molar-refractivity contribution < 1.29 is 14.4 Å². The highest BCUT2D eigenvalue weighted by Gasteiger charge is 2.40. The lowest BCUT2D eigenvalue weighted by atomic mass is 10.1. The van der Waals surface area contributed by atoms with Crippen LogP contribution in [0, 0.1) is 0 Å². The van der Waals surface area contributed by atoms with E-state index in [9.17, 15) is 14.4 Å². The predicted octanol–water partition coefficient (Wildman–Crippen LogP) is 5.00. The molecule has 6 heteroatoms. The number of carbonyl (C=O) groups excluding carboxylic acids is 3. The monoisotopic (exact) mass is 440 g/mol. The molecule has 4 aromatic carbocycles. The number of hydrogen-bond donors (Lipinski definition) is 1. The number of benzene rings is 4. The van der Waals surface area contributed by atoms with Crippen LogP contribution >= 0.6 is 11.8 Å². The fourth-order valence-corrected chi connectivity index (χ4v) is 4.96. The zero-order valence-corrected chi connectivity index (χ0v) is 18.0. The molecule has 0 unspecified atom stereocenters. The van der Waals surface area contributed by atoms with Crippen molar-refractivity contribution in [3.8, 4) is 0 Å². The summed E-state index contributed by atoms with van der Waals surface area (Å²) in [6.45, 7) is 0. The summed E-state index contributed by atoms with van der Waals surface area (Å²) >= 11 is 1.21. The lowest BCUT2D eigenvalue weighted by molar-refractivity contribution is -0.121. The van der Waals surface area contributed by atoms with Crippen LogP contribution in [0.15, 0.2) is 84.9 Å². The van der Waals surface area contributed by atoms with Crippen LogP contribution in [0.25, 0.3) is 21.5 Å². The standard InChI is InChI=1S/C26H20N2O3S/c29-24(27-20-13-12-17-6-1-2-8-19(17)14-20)16-32-23-15-25(30)28(26(23)31)22-11-5-9-18-7-3-4-10-21(18)22/h1-14,23H,15-16H2,(H,27,29)/t23-/m0/s1. The first kappa shape index (κ1) is 20.3.